The van der Waals surface area contributed by atoms with Crippen molar-refractivity contribution >= 4 is 29.3 Å². The molecule has 1 aromatic rings. The van der Waals surface area contributed by atoms with Gasteiger partial charge in [0.05, 0.1) is 6.04 Å². The number of hydrogen-bond donors (Lipinski definition) is 1. The van der Waals surface area contributed by atoms with Gasteiger partial charge in [0, 0.05) is 16.3 Å². The third-order valence-electron chi connectivity index (χ3n) is 3.95. The van der Waals surface area contributed by atoms with E-state index in [2.05, 4.69) is 25.4 Å². The maximum Gasteiger partial charge on any atom is 0.241 e. The molecule has 0 aromatic heterocycles. The van der Waals surface area contributed by atoms with E-state index < -0.39 is 0 Å². The lowest BCUT2D eigenvalue weighted by Gasteiger charge is -2.32. The van der Waals surface area contributed by atoms with Crippen LogP contribution in [0.15, 0.2) is 24.3 Å². The Balaban J connectivity index is 2.28. The van der Waals surface area contributed by atoms with Gasteiger partial charge in [0.25, 0.3) is 0 Å². The SMILES string of the molecule is CCC1NC(c2ccc(Cl)cc2)N(CC(C)(C)SC)C1=O. The van der Waals surface area contributed by atoms with E-state index in [0.717, 1.165) is 18.5 Å². The molecule has 21 heavy (non-hydrogen) atoms. The molecule has 0 saturated carbocycles. The quantitative estimate of drug-likeness (QED) is 0.895. The zero-order valence-electron chi connectivity index (χ0n) is 13.0. The Morgan fingerprint density at radius 3 is 2.48 bits per heavy atom. The first kappa shape index (κ1) is 16.7. The van der Waals surface area contributed by atoms with Crippen molar-refractivity contribution in [3.8, 4) is 0 Å². The molecule has 5 heteroatoms. The Morgan fingerprint density at radius 1 is 1.33 bits per heavy atom. The minimum absolute atomic E-state index is 0.0324. The van der Waals surface area contributed by atoms with E-state index in [-0.39, 0.29) is 22.9 Å². The summed E-state index contributed by atoms with van der Waals surface area (Å²) in [5, 5.41) is 4.16. The van der Waals surface area contributed by atoms with Crippen LogP contribution in [-0.2, 0) is 4.79 Å². The van der Waals surface area contributed by atoms with Crippen LogP contribution in [0.1, 0.15) is 38.9 Å². The van der Waals surface area contributed by atoms with Crippen molar-refractivity contribution in [1.29, 1.82) is 0 Å². The Hall–Kier alpha value is -0.710. The van der Waals surface area contributed by atoms with Crippen molar-refractivity contribution in [2.24, 2.45) is 0 Å². The van der Waals surface area contributed by atoms with E-state index in [0.29, 0.717) is 5.02 Å². The first-order valence-electron chi connectivity index (χ1n) is 7.25. The molecule has 1 fully saturated rings. The van der Waals surface area contributed by atoms with E-state index in [9.17, 15) is 4.79 Å². The van der Waals surface area contributed by atoms with Crippen LogP contribution in [0.4, 0.5) is 0 Å². The molecule has 1 aromatic carbocycles. The van der Waals surface area contributed by atoms with Crippen LogP contribution in [0.3, 0.4) is 0 Å². The maximum atomic E-state index is 12.6. The first-order valence-corrected chi connectivity index (χ1v) is 8.85. The molecule has 1 heterocycles. The molecule has 1 amide bonds. The molecule has 1 aliphatic heterocycles. The van der Waals surface area contributed by atoms with Gasteiger partial charge in [-0.1, -0.05) is 30.7 Å². The molecular formula is C16H23ClN2OS. The number of nitrogens with zero attached hydrogens (tertiary/aromatic N) is 1. The van der Waals surface area contributed by atoms with Crippen LogP contribution >= 0.6 is 23.4 Å². The van der Waals surface area contributed by atoms with Gasteiger partial charge < -0.3 is 4.90 Å². The summed E-state index contributed by atoms with van der Waals surface area (Å²) in [6.07, 6.45) is 2.83. The summed E-state index contributed by atoms with van der Waals surface area (Å²) in [6.45, 7) is 7.10. The van der Waals surface area contributed by atoms with Crippen LogP contribution < -0.4 is 5.32 Å². The Morgan fingerprint density at radius 2 is 1.95 bits per heavy atom. The fraction of sp³-hybridized carbons (Fsp3) is 0.562. The topological polar surface area (TPSA) is 32.3 Å². The normalized spacial score (nSPS) is 22.9. The van der Waals surface area contributed by atoms with Crippen molar-refractivity contribution < 1.29 is 4.79 Å². The van der Waals surface area contributed by atoms with E-state index >= 15 is 0 Å². The zero-order valence-corrected chi connectivity index (χ0v) is 14.6. The van der Waals surface area contributed by atoms with Crippen LogP contribution in [0.5, 0.6) is 0 Å². The van der Waals surface area contributed by atoms with E-state index in [4.69, 9.17) is 11.6 Å². The lowest BCUT2D eigenvalue weighted by atomic mass is 10.1. The van der Waals surface area contributed by atoms with E-state index in [1.54, 1.807) is 11.8 Å². The number of nitrogens with one attached hydrogen (secondary N) is 1. The lowest BCUT2D eigenvalue weighted by Crippen LogP contribution is -2.40. The first-order chi connectivity index (χ1) is 9.88. The predicted octanol–water partition coefficient (Wildman–Crippen LogP) is 3.69. The summed E-state index contributed by atoms with van der Waals surface area (Å²) < 4.78 is 0.0324. The number of amides is 1. The van der Waals surface area contributed by atoms with Gasteiger partial charge >= 0.3 is 0 Å². The average Bonchev–Trinajstić information content (AvgIpc) is 2.76. The highest BCUT2D eigenvalue weighted by atomic mass is 35.5. The molecule has 0 radical (unpaired) electrons. The average molecular weight is 327 g/mol. The molecule has 1 N–H and O–H groups in total. The van der Waals surface area contributed by atoms with Gasteiger partial charge in [0.2, 0.25) is 5.91 Å². The molecule has 2 rings (SSSR count). The summed E-state index contributed by atoms with van der Waals surface area (Å²) in [4.78, 5) is 14.6. The Bertz CT molecular complexity index is 504. The zero-order chi connectivity index (χ0) is 15.6. The third-order valence-corrected chi connectivity index (χ3v) is 5.44. The second kappa shape index (κ2) is 6.59. The molecule has 1 saturated heterocycles. The van der Waals surface area contributed by atoms with Gasteiger partial charge in [-0.25, -0.2) is 0 Å². The fourth-order valence-corrected chi connectivity index (χ4v) is 2.93. The Labute approximate surface area is 136 Å². The summed E-state index contributed by atoms with van der Waals surface area (Å²) in [5.74, 6) is 0.194. The summed E-state index contributed by atoms with van der Waals surface area (Å²) in [7, 11) is 0. The maximum absolute atomic E-state index is 12.6. The number of thioether (sulfide) groups is 1. The number of halogens is 1. The van der Waals surface area contributed by atoms with Crippen molar-refractivity contribution in [1.82, 2.24) is 10.2 Å². The van der Waals surface area contributed by atoms with Crippen molar-refractivity contribution in [3.63, 3.8) is 0 Å². The van der Waals surface area contributed by atoms with Crippen LogP contribution in [0.25, 0.3) is 0 Å². The smallest absolute Gasteiger partial charge is 0.241 e. The third kappa shape index (κ3) is 3.74. The van der Waals surface area contributed by atoms with Gasteiger partial charge in [-0.15, -0.1) is 0 Å². The molecule has 116 valence electrons. The molecule has 0 bridgehead atoms. The van der Waals surface area contributed by atoms with Gasteiger partial charge in [0.15, 0.2) is 0 Å². The number of carbonyl (C=O) groups is 1. The van der Waals surface area contributed by atoms with Gasteiger partial charge in [-0.05, 0) is 44.2 Å². The Kier molecular flexibility index (Phi) is 5.23. The van der Waals surface area contributed by atoms with Crippen molar-refractivity contribution in [2.45, 2.75) is 44.1 Å². The molecule has 2 unspecified atom stereocenters. The van der Waals surface area contributed by atoms with Gasteiger partial charge in [-0.2, -0.15) is 11.8 Å². The van der Waals surface area contributed by atoms with Crippen LogP contribution in [0.2, 0.25) is 5.02 Å². The van der Waals surface area contributed by atoms with Crippen molar-refractivity contribution in [3.05, 3.63) is 34.9 Å². The van der Waals surface area contributed by atoms with Crippen molar-refractivity contribution in [2.75, 3.05) is 12.8 Å². The van der Waals surface area contributed by atoms with Crippen LogP contribution in [-0.4, -0.2) is 34.4 Å². The largest absolute Gasteiger partial charge is 0.320 e. The number of rotatable bonds is 5. The molecule has 1 aliphatic rings. The minimum atomic E-state index is -0.0941. The summed E-state index contributed by atoms with van der Waals surface area (Å²) in [6, 6.07) is 7.64. The van der Waals surface area contributed by atoms with Crippen LogP contribution in [0, 0.1) is 0 Å². The molecule has 0 aliphatic carbocycles. The highest BCUT2D eigenvalue weighted by Crippen LogP contribution is 2.32. The second-order valence-corrected chi connectivity index (χ2v) is 7.96. The van der Waals surface area contributed by atoms with Gasteiger partial charge in [0.1, 0.15) is 6.17 Å². The lowest BCUT2D eigenvalue weighted by molar-refractivity contribution is -0.130. The number of carbonyl (C=O) groups excluding carboxylic acids is 1. The summed E-state index contributed by atoms with van der Waals surface area (Å²) >= 11 is 7.75. The highest BCUT2D eigenvalue weighted by molar-refractivity contribution is 7.99. The minimum Gasteiger partial charge on any atom is -0.320 e. The van der Waals surface area contributed by atoms with E-state index in [1.165, 1.54) is 0 Å². The molecule has 2 atom stereocenters. The number of benzene rings is 1. The molecule has 3 nitrogen and oxygen atoms in total. The monoisotopic (exact) mass is 326 g/mol. The highest BCUT2D eigenvalue weighted by Gasteiger charge is 2.40. The molecule has 0 spiro atoms. The number of hydrogen-bond acceptors (Lipinski definition) is 3. The predicted molar refractivity (Wildman–Crippen MR) is 90.7 cm³/mol. The standard InChI is InChI=1S/C16H23ClN2OS/c1-5-13-15(20)19(10-16(2,3)21-4)14(18-13)11-6-8-12(17)9-7-11/h6-9,13-14,18H,5,10H2,1-4H3. The second-order valence-electron chi connectivity index (χ2n) is 6.01. The van der Waals surface area contributed by atoms with Gasteiger partial charge in [-0.3, -0.25) is 10.1 Å². The molecular weight excluding hydrogens is 304 g/mol. The fourth-order valence-electron chi connectivity index (χ4n) is 2.54. The van der Waals surface area contributed by atoms with E-state index in [1.807, 2.05) is 36.1 Å². The summed E-state index contributed by atoms with van der Waals surface area (Å²) in [5.41, 5.74) is 1.08.